The van der Waals surface area contributed by atoms with E-state index in [1.54, 1.807) is 6.92 Å². The summed E-state index contributed by atoms with van der Waals surface area (Å²) in [5.41, 5.74) is 0. The molecule has 0 aliphatic carbocycles. The molecule has 0 saturated carbocycles. The average Bonchev–Trinajstić information content (AvgIpc) is 1.89. The third kappa shape index (κ3) is 61.4. The predicted molar refractivity (Wildman–Crippen MR) is 52.1 cm³/mol. The molecular formula is C9H22O3. The average molecular weight is 178 g/mol. The molecule has 0 atom stereocenters. The third-order valence-electron chi connectivity index (χ3n) is 0.785. The number of esters is 1. The smallest absolute Gasteiger partial charge is 0.302 e. The predicted octanol–water partition coefficient (Wildman–Crippen LogP) is 2.44. The van der Waals surface area contributed by atoms with Crippen LogP contribution in [0.4, 0.5) is 0 Å². The van der Waals surface area contributed by atoms with Crippen LogP contribution >= 0.6 is 0 Å². The number of ketones is 1. The van der Waals surface area contributed by atoms with E-state index in [1.165, 1.54) is 14.0 Å². The number of carbonyl (C=O) groups is 2. The van der Waals surface area contributed by atoms with Crippen LogP contribution in [0.1, 0.15) is 42.0 Å². The van der Waals surface area contributed by atoms with Crippen molar-refractivity contribution in [3.05, 3.63) is 0 Å². The molecule has 0 fully saturated rings. The van der Waals surface area contributed by atoms with Gasteiger partial charge in [0.15, 0.2) is 0 Å². The number of methoxy groups -OCH3 is 1. The molecule has 0 N–H and O–H groups in total. The Morgan fingerprint density at radius 3 is 1.33 bits per heavy atom. The SMILES string of the molecule is C.C.CCC(C)=O.COC(C)=O. The van der Waals surface area contributed by atoms with E-state index in [-0.39, 0.29) is 26.6 Å². The molecule has 12 heavy (non-hydrogen) atoms. The van der Waals surface area contributed by atoms with Gasteiger partial charge < -0.3 is 9.53 Å². The molecule has 0 saturated heterocycles. The Morgan fingerprint density at radius 1 is 1.17 bits per heavy atom. The van der Waals surface area contributed by atoms with Crippen molar-refractivity contribution in [2.24, 2.45) is 0 Å². The Hall–Kier alpha value is -0.860. The highest BCUT2D eigenvalue weighted by molar-refractivity contribution is 5.74. The Bertz CT molecular complexity index is 94.3. The number of hydrogen-bond acceptors (Lipinski definition) is 3. The summed E-state index contributed by atoms with van der Waals surface area (Å²) in [7, 11) is 1.35. The number of carbonyl (C=O) groups excluding carboxylic acids is 2. The van der Waals surface area contributed by atoms with E-state index in [1.807, 2.05) is 6.92 Å². The summed E-state index contributed by atoms with van der Waals surface area (Å²) in [4.78, 5) is 19.4. The maximum Gasteiger partial charge on any atom is 0.302 e. The summed E-state index contributed by atoms with van der Waals surface area (Å²) in [6.07, 6.45) is 0.667. The lowest BCUT2D eigenvalue weighted by molar-refractivity contribution is -0.137. The lowest BCUT2D eigenvalue weighted by Gasteiger charge is -1.80. The Kier molecular flexibility index (Phi) is 31.1. The molecule has 3 nitrogen and oxygen atoms in total. The van der Waals surface area contributed by atoms with Gasteiger partial charge in [-0.25, -0.2) is 0 Å². The minimum Gasteiger partial charge on any atom is -0.469 e. The van der Waals surface area contributed by atoms with Crippen molar-refractivity contribution in [3.63, 3.8) is 0 Å². The van der Waals surface area contributed by atoms with E-state index >= 15 is 0 Å². The Labute approximate surface area is 76.1 Å². The van der Waals surface area contributed by atoms with Crippen LogP contribution in [0.25, 0.3) is 0 Å². The van der Waals surface area contributed by atoms with Gasteiger partial charge in [0.1, 0.15) is 5.78 Å². The maximum absolute atomic E-state index is 9.81. The minimum absolute atomic E-state index is 0. The minimum atomic E-state index is -0.245. The molecule has 0 unspecified atom stereocenters. The van der Waals surface area contributed by atoms with Crippen LogP contribution in [0.5, 0.6) is 0 Å². The summed E-state index contributed by atoms with van der Waals surface area (Å²) < 4.78 is 4.11. The molecule has 3 heteroatoms. The highest BCUT2D eigenvalue weighted by Crippen LogP contribution is 1.71. The van der Waals surface area contributed by atoms with Crippen molar-refractivity contribution in [2.45, 2.75) is 42.0 Å². The van der Waals surface area contributed by atoms with Gasteiger partial charge in [0, 0.05) is 13.3 Å². The molecule has 0 amide bonds. The van der Waals surface area contributed by atoms with Gasteiger partial charge in [0.2, 0.25) is 0 Å². The highest BCUT2D eigenvalue weighted by atomic mass is 16.5. The van der Waals surface area contributed by atoms with Crippen LogP contribution in [0.2, 0.25) is 0 Å². The van der Waals surface area contributed by atoms with Crippen molar-refractivity contribution in [3.8, 4) is 0 Å². The third-order valence-corrected chi connectivity index (χ3v) is 0.785. The molecule has 0 bridgehead atoms. The van der Waals surface area contributed by atoms with Gasteiger partial charge in [0.05, 0.1) is 7.11 Å². The lowest BCUT2D eigenvalue weighted by atomic mass is 10.4. The van der Waals surface area contributed by atoms with E-state index in [0.717, 1.165) is 0 Å². The standard InChI is InChI=1S/C4H8O.C3H6O2.2CH4/c1-3-4(2)5;1-3(4)5-2;;/h3H2,1-2H3;1-2H3;2*1H4. The van der Waals surface area contributed by atoms with Crippen molar-refractivity contribution in [2.75, 3.05) is 7.11 Å². The number of Topliss-reactive ketones (excluding diaryl/α,β-unsaturated/α-hetero) is 1. The van der Waals surface area contributed by atoms with Gasteiger partial charge in [-0.3, -0.25) is 4.79 Å². The number of ether oxygens (including phenoxy) is 1. The summed E-state index contributed by atoms with van der Waals surface area (Å²) >= 11 is 0. The second kappa shape index (κ2) is 16.6. The molecule has 0 aromatic heterocycles. The molecule has 0 rings (SSSR count). The summed E-state index contributed by atoms with van der Waals surface area (Å²) in [5, 5.41) is 0. The van der Waals surface area contributed by atoms with Gasteiger partial charge in [-0.05, 0) is 6.92 Å². The first-order chi connectivity index (χ1) is 4.54. The molecular weight excluding hydrogens is 156 g/mol. The number of rotatable bonds is 1. The van der Waals surface area contributed by atoms with Crippen LogP contribution in [0, 0.1) is 0 Å². The first-order valence-corrected chi connectivity index (χ1v) is 3.08. The van der Waals surface area contributed by atoms with Crippen LogP contribution in [0.15, 0.2) is 0 Å². The fraction of sp³-hybridized carbons (Fsp3) is 0.778. The fourth-order valence-electron chi connectivity index (χ4n) is 0. The van der Waals surface area contributed by atoms with Crippen LogP contribution in [-0.2, 0) is 14.3 Å². The topological polar surface area (TPSA) is 43.4 Å². The zero-order valence-electron chi connectivity index (χ0n) is 6.93. The quantitative estimate of drug-likeness (QED) is 0.579. The van der Waals surface area contributed by atoms with Crippen LogP contribution in [-0.4, -0.2) is 18.9 Å². The van der Waals surface area contributed by atoms with E-state index in [4.69, 9.17) is 0 Å². The molecule has 0 heterocycles. The van der Waals surface area contributed by atoms with Gasteiger partial charge in [-0.15, -0.1) is 0 Å². The molecule has 0 aromatic rings. The second-order valence-corrected chi connectivity index (χ2v) is 1.75. The molecule has 0 spiro atoms. The van der Waals surface area contributed by atoms with E-state index in [9.17, 15) is 9.59 Å². The monoisotopic (exact) mass is 178 g/mol. The molecule has 0 aromatic carbocycles. The summed E-state index contributed by atoms with van der Waals surface area (Å²) in [6.45, 7) is 4.79. The molecule has 0 aliphatic rings. The molecule has 76 valence electrons. The van der Waals surface area contributed by atoms with Gasteiger partial charge >= 0.3 is 5.97 Å². The lowest BCUT2D eigenvalue weighted by Crippen LogP contribution is -1.88. The fourth-order valence-corrected chi connectivity index (χ4v) is 0. The summed E-state index contributed by atoms with van der Waals surface area (Å²) in [5.74, 6) is 0.00926. The van der Waals surface area contributed by atoms with Gasteiger partial charge in [0.25, 0.3) is 0 Å². The van der Waals surface area contributed by atoms with E-state index < -0.39 is 0 Å². The van der Waals surface area contributed by atoms with Crippen molar-refractivity contribution < 1.29 is 14.3 Å². The summed E-state index contributed by atoms with van der Waals surface area (Å²) in [6, 6.07) is 0. The van der Waals surface area contributed by atoms with Gasteiger partial charge in [-0.1, -0.05) is 21.8 Å². The van der Waals surface area contributed by atoms with Crippen molar-refractivity contribution in [1.29, 1.82) is 0 Å². The zero-order valence-corrected chi connectivity index (χ0v) is 6.93. The van der Waals surface area contributed by atoms with Crippen LogP contribution < -0.4 is 0 Å². The van der Waals surface area contributed by atoms with E-state index in [0.29, 0.717) is 6.42 Å². The van der Waals surface area contributed by atoms with Crippen molar-refractivity contribution >= 4 is 11.8 Å². The Morgan fingerprint density at radius 2 is 1.33 bits per heavy atom. The first-order valence-electron chi connectivity index (χ1n) is 3.08. The maximum atomic E-state index is 9.81. The zero-order chi connectivity index (χ0) is 8.57. The van der Waals surface area contributed by atoms with Gasteiger partial charge in [-0.2, -0.15) is 0 Å². The normalized spacial score (nSPS) is 6.00. The molecule has 0 radical (unpaired) electrons. The largest absolute Gasteiger partial charge is 0.469 e. The molecule has 0 aliphatic heterocycles. The highest BCUT2D eigenvalue weighted by Gasteiger charge is 1.77. The van der Waals surface area contributed by atoms with Crippen LogP contribution in [0.3, 0.4) is 0 Å². The first kappa shape index (κ1) is 22.5. The second-order valence-electron chi connectivity index (χ2n) is 1.75. The van der Waals surface area contributed by atoms with Crippen molar-refractivity contribution in [1.82, 2.24) is 0 Å². The Balaban J connectivity index is -0.0000000457. The number of hydrogen-bond donors (Lipinski definition) is 0. The van der Waals surface area contributed by atoms with E-state index in [2.05, 4.69) is 4.74 Å².